The maximum absolute atomic E-state index is 13.3. The van der Waals surface area contributed by atoms with Gasteiger partial charge in [0, 0.05) is 30.6 Å². The van der Waals surface area contributed by atoms with Crippen LogP contribution in [0.2, 0.25) is 5.02 Å². The minimum Gasteiger partial charge on any atom is -0.487 e. The van der Waals surface area contributed by atoms with Crippen molar-refractivity contribution < 1.29 is 14.3 Å². The predicted octanol–water partition coefficient (Wildman–Crippen LogP) is 4.68. The summed E-state index contributed by atoms with van der Waals surface area (Å²) in [6, 6.07) is 15.5. The summed E-state index contributed by atoms with van der Waals surface area (Å²) in [5.41, 5.74) is 1.92. The van der Waals surface area contributed by atoms with Gasteiger partial charge in [-0.3, -0.25) is 9.69 Å². The van der Waals surface area contributed by atoms with Gasteiger partial charge < -0.3 is 15.0 Å². The zero-order chi connectivity index (χ0) is 22.7. The number of fused-ring (bicyclic) bond motifs is 1. The van der Waals surface area contributed by atoms with E-state index < -0.39 is 0 Å². The molecule has 0 saturated carbocycles. The van der Waals surface area contributed by atoms with Crippen LogP contribution in [0.5, 0.6) is 5.75 Å². The van der Waals surface area contributed by atoms with Gasteiger partial charge >= 0.3 is 6.03 Å². The standard InChI is InChI=1S/C25H30ClN3O3/c1-17(19-6-4-3-5-7-19)15-27-24(30)20-10-12-28(13-11-20)25(31)29-16-18(2)32-23-9-8-21(26)14-22(23)29/h3-9,14,17-18,20H,10-13,15-16H2,1-2H3,(H,27,30). The molecule has 0 aromatic heterocycles. The average Bonchev–Trinajstić information content (AvgIpc) is 2.82. The van der Waals surface area contributed by atoms with Crippen LogP contribution in [-0.4, -0.2) is 49.1 Å². The number of anilines is 1. The van der Waals surface area contributed by atoms with E-state index in [9.17, 15) is 9.59 Å². The number of hydrogen-bond acceptors (Lipinski definition) is 3. The maximum atomic E-state index is 13.3. The Labute approximate surface area is 194 Å². The molecule has 0 radical (unpaired) electrons. The number of halogens is 1. The van der Waals surface area contributed by atoms with E-state index in [1.54, 1.807) is 23.1 Å². The van der Waals surface area contributed by atoms with Crippen molar-refractivity contribution in [3.8, 4) is 5.75 Å². The molecule has 170 valence electrons. The smallest absolute Gasteiger partial charge is 0.324 e. The van der Waals surface area contributed by atoms with E-state index in [2.05, 4.69) is 24.4 Å². The lowest BCUT2D eigenvalue weighted by atomic mass is 9.95. The minimum atomic E-state index is -0.0949. The molecule has 0 aliphatic carbocycles. The Hall–Kier alpha value is -2.73. The van der Waals surface area contributed by atoms with Crippen molar-refractivity contribution in [3.05, 3.63) is 59.1 Å². The Kier molecular flexibility index (Phi) is 6.89. The van der Waals surface area contributed by atoms with Crippen molar-refractivity contribution in [2.75, 3.05) is 31.1 Å². The number of carbonyl (C=O) groups is 2. The molecule has 2 heterocycles. The third-order valence-electron chi connectivity index (χ3n) is 6.30. The number of nitrogens with zero attached hydrogens (tertiary/aromatic N) is 2. The fourth-order valence-electron chi connectivity index (χ4n) is 4.39. The molecule has 0 bridgehead atoms. The number of benzene rings is 2. The van der Waals surface area contributed by atoms with Gasteiger partial charge in [0.1, 0.15) is 11.9 Å². The Bertz CT molecular complexity index is 960. The maximum Gasteiger partial charge on any atom is 0.324 e. The van der Waals surface area contributed by atoms with Crippen molar-refractivity contribution in [1.29, 1.82) is 0 Å². The van der Waals surface area contributed by atoms with E-state index >= 15 is 0 Å². The van der Waals surface area contributed by atoms with Gasteiger partial charge in [-0.15, -0.1) is 0 Å². The molecule has 2 aliphatic rings. The Morgan fingerprint density at radius 1 is 1.16 bits per heavy atom. The highest BCUT2D eigenvalue weighted by molar-refractivity contribution is 6.31. The highest BCUT2D eigenvalue weighted by Crippen LogP contribution is 2.36. The van der Waals surface area contributed by atoms with Crippen molar-refractivity contribution in [2.45, 2.75) is 38.7 Å². The topological polar surface area (TPSA) is 61.9 Å². The number of hydrogen-bond donors (Lipinski definition) is 1. The van der Waals surface area contributed by atoms with Gasteiger partial charge in [0.15, 0.2) is 0 Å². The van der Waals surface area contributed by atoms with Gasteiger partial charge in [0.05, 0.1) is 12.2 Å². The molecule has 2 aromatic rings. The van der Waals surface area contributed by atoms with Crippen LogP contribution < -0.4 is 15.0 Å². The zero-order valence-corrected chi connectivity index (χ0v) is 19.3. The second-order valence-electron chi connectivity index (χ2n) is 8.75. The summed E-state index contributed by atoms with van der Waals surface area (Å²) in [6.07, 6.45) is 1.24. The summed E-state index contributed by atoms with van der Waals surface area (Å²) in [4.78, 5) is 29.6. The van der Waals surface area contributed by atoms with E-state index in [1.165, 1.54) is 5.56 Å². The summed E-state index contributed by atoms with van der Waals surface area (Å²) in [5.74, 6) is 0.949. The first kappa shape index (κ1) is 22.5. The van der Waals surface area contributed by atoms with Gasteiger partial charge in [0.2, 0.25) is 5.91 Å². The van der Waals surface area contributed by atoms with Crippen LogP contribution in [0.25, 0.3) is 0 Å². The number of urea groups is 1. The molecule has 2 aliphatic heterocycles. The van der Waals surface area contributed by atoms with Crippen LogP contribution in [0, 0.1) is 5.92 Å². The first-order chi connectivity index (χ1) is 15.4. The molecule has 4 rings (SSSR count). The van der Waals surface area contributed by atoms with E-state index in [1.807, 2.05) is 30.0 Å². The van der Waals surface area contributed by atoms with Crippen LogP contribution in [0.4, 0.5) is 10.5 Å². The highest BCUT2D eigenvalue weighted by atomic mass is 35.5. The molecule has 32 heavy (non-hydrogen) atoms. The Morgan fingerprint density at radius 3 is 2.59 bits per heavy atom. The molecule has 2 unspecified atom stereocenters. The summed E-state index contributed by atoms with van der Waals surface area (Å²) in [6.45, 7) is 6.28. The van der Waals surface area contributed by atoms with Crippen LogP contribution in [-0.2, 0) is 4.79 Å². The van der Waals surface area contributed by atoms with Crippen molar-refractivity contribution >= 4 is 29.2 Å². The van der Waals surface area contributed by atoms with Crippen LogP contribution in [0.15, 0.2) is 48.5 Å². The number of amides is 3. The molecule has 1 saturated heterocycles. The second kappa shape index (κ2) is 9.82. The molecule has 0 spiro atoms. The molecule has 1 fully saturated rings. The molecular weight excluding hydrogens is 426 g/mol. The van der Waals surface area contributed by atoms with Gasteiger partial charge in [0.25, 0.3) is 0 Å². The normalized spacial score (nSPS) is 19.7. The lowest BCUT2D eigenvalue weighted by Crippen LogP contribution is -2.52. The lowest BCUT2D eigenvalue weighted by molar-refractivity contribution is -0.126. The molecule has 2 atom stereocenters. The van der Waals surface area contributed by atoms with Gasteiger partial charge in [-0.05, 0) is 49.4 Å². The first-order valence-corrected chi connectivity index (χ1v) is 11.7. The van der Waals surface area contributed by atoms with Crippen molar-refractivity contribution in [2.24, 2.45) is 5.92 Å². The van der Waals surface area contributed by atoms with Crippen molar-refractivity contribution in [1.82, 2.24) is 10.2 Å². The molecule has 1 N–H and O–H groups in total. The number of nitrogens with one attached hydrogen (secondary N) is 1. The van der Waals surface area contributed by atoms with Crippen molar-refractivity contribution in [3.63, 3.8) is 0 Å². The average molecular weight is 456 g/mol. The van der Waals surface area contributed by atoms with E-state index in [4.69, 9.17) is 16.3 Å². The van der Waals surface area contributed by atoms with Crippen LogP contribution in [0.3, 0.4) is 0 Å². The first-order valence-electron chi connectivity index (χ1n) is 11.3. The van der Waals surface area contributed by atoms with Gasteiger partial charge in [-0.25, -0.2) is 4.79 Å². The Balaban J connectivity index is 1.31. The third kappa shape index (κ3) is 5.01. The SMILES string of the molecule is CC1CN(C(=O)N2CCC(C(=O)NCC(C)c3ccccc3)CC2)c2cc(Cl)ccc2O1. The fraction of sp³-hybridized carbons (Fsp3) is 0.440. The summed E-state index contributed by atoms with van der Waals surface area (Å²) in [5, 5.41) is 3.67. The summed E-state index contributed by atoms with van der Waals surface area (Å²) < 4.78 is 5.86. The largest absolute Gasteiger partial charge is 0.487 e. The minimum absolute atomic E-state index is 0.0553. The van der Waals surface area contributed by atoms with Gasteiger partial charge in [-0.1, -0.05) is 48.9 Å². The third-order valence-corrected chi connectivity index (χ3v) is 6.53. The van der Waals surface area contributed by atoms with E-state index in [0.717, 1.165) is 0 Å². The monoisotopic (exact) mass is 455 g/mol. The van der Waals surface area contributed by atoms with Crippen LogP contribution in [0.1, 0.15) is 38.2 Å². The van der Waals surface area contributed by atoms with Crippen LogP contribution >= 0.6 is 11.6 Å². The van der Waals surface area contributed by atoms with Gasteiger partial charge in [-0.2, -0.15) is 0 Å². The Morgan fingerprint density at radius 2 is 1.88 bits per heavy atom. The van der Waals surface area contributed by atoms with E-state index in [0.29, 0.717) is 55.5 Å². The fourth-order valence-corrected chi connectivity index (χ4v) is 4.56. The van der Waals surface area contributed by atoms with E-state index in [-0.39, 0.29) is 29.9 Å². The lowest BCUT2D eigenvalue weighted by Gasteiger charge is -2.39. The molecular formula is C25H30ClN3O3. The zero-order valence-electron chi connectivity index (χ0n) is 18.6. The molecule has 7 heteroatoms. The number of rotatable bonds is 4. The number of carbonyl (C=O) groups excluding carboxylic acids is 2. The quantitative estimate of drug-likeness (QED) is 0.728. The molecule has 3 amide bonds. The molecule has 6 nitrogen and oxygen atoms in total. The number of piperidine rings is 1. The number of ether oxygens (including phenoxy) is 1. The summed E-state index contributed by atoms with van der Waals surface area (Å²) in [7, 11) is 0. The number of likely N-dealkylation sites (tertiary alicyclic amines) is 1. The summed E-state index contributed by atoms with van der Waals surface area (Å²) >= 11 is 6.16. The predicted molar refractivity (Wildman–Crippen MR) is 126 cm³/mol. The second-order valence-corrected chi connectivity index (χ2v) is 9.19. The highest BCUT2D eigenvalue weighted by Gasteiger charge is 2.34. The molecule has 2 aromatic carbocycles.